The first-order valence-electron chi connectivity index (χ1n) is 8.39. The Kier molecular flexibility index (Phi) is 7.25. The van der Waals surface area contributed by atoms with E-state index in [4.69, 9.17) is 15.2 Å². The largest absolute Gasteiger partial charge is 0.490 e. The minimum atomic E-state index is -1.26. The number of benzene rings is 2. The molecule has 27 heavy (non-hydrogen) atoms. The number of hydrogen-bond acceptors (Lipinski definition) is 4. The van der Waals surface area contributed by atoms with Gasteiger partial charge in [0, 0.05) is 18.2 Å². The average Bonchev–Trinajstić information content (AvgIpc) is 2.85. The molecule has 1 atom stereocenters. The number of guanidine groups is 1. The molecule has 0 aliphatic carbocycles. The summed E-state index contributed by atoms with van der Waals surface area (Å²) in [5.74, 6) is 1.15. The maximum absolute atomic E-state index is 13.0. The number of hydrogen-bond donors (Lipinski definition) is 3. The number of nitrogens with one attached hydrogen (secondary N) is 1. The van der Waals surface area contributed by atoms with E-state index in [-0.39, 0.29) is 42.3 Å². The van der Waals surface area contributed by atoms with Gasteiger partial charge in [-0.3, -0.25) is 0 Å². The highest BCUT2D eigenvalue weighted by atomic mass is 127. The molecular weight excluding hydrogens is 464 g/mol. The molecule has 1 heterocycles. The zero-order valence-electron chi connectivity index (χ0n) is 14.9. The Balaban J connectivity index is 0.00000261. The Morgan fingerprint density at radius 3 is 2.56 bits per heavy atom. The predicted molar refractivity (Wildman–Crippen MR) is 114 cm³/mol. The van der Waals surface area contributed by atoms with Crippen LogP contribution in [0.2, 0.25) is 0 Å². The number of halogens is 2. The van der Waals surface area contributed by atoms with Gasteiger partial charge in [-0.25, -0.2) is 9.38 Å². The minimum Gasteiger partial charge on any atom is -0.490 e. The minimum absolute atomic E-state index is 0. The standard InChI is InChI=1S/C19H22FN3O3.HI/c1-19(24,13-3-5-14(20)6-4-13)12-22-18(21)23-15-7-8-16-17(11-15)26-10-2-9-25-16;/h3-8,11,24H,2,9-10,12H2,1H3,(H3,21,22,23);1H. The van der Waals surface area contributed by atoms with Crippen LogP contribution < -0.4 is 20.5 Å². The number of nitrogens with two attached hydrogens (primary N) is 1. The number of aliphatic hydroxyl groups is 1. The van der Waals surface area contributed by atoms with Gasteiger partial charge >= 0.3 is 0 Å². The van der Waals surface area contributed by atoms with Crippen LogP contribution in [0.3, 0.4) is 0 Å². The van der Waals surface area contributed by atoms with Crippen molar-refractivity contribution in [1.82, 2.24) is 0 Å². The predicted octanol–water partition coefficient (Wildman–Crippen LogP) is 3.24. The number of nitrogens with zero attached hydrogens (tertiary/aromatic N) is 1. The van der Waals surface area contributed by atoms with Crippen molar-refractivity contribution in [2.24, 2.45) is 10.7 Å². The molecule has 1 aliphatic heterocycles. The molecule has 0 bridgehead atoms. The number of fused-ring (bicyclic) bond motifs is 1. The molecule has 2 aromatic rings. The van der Waals surface area contributed by atoms with Gasteiger partial charge in [-0.1, -0.05) is 12.1 Å². The van der Waals surface area contributed by atoms with E-state index in [2.05, 4.69) is 10.3 Å². The van der Waals surface area contributed by atoms with E-state index in [1.807, 2.05) is 12.1 Å². The summed E-state index contributed by atoms with van der Waals surface area (Å²) in [6.45, 7) is 2.86. The molecule has 2 aromatic carbocycles. The van der Waals surface area contributed by atoms with E-state index in [1.165, 1.54) is 24.3 Å². The van der Waals surface area contributed by atoms with Crippen molar-refractivity contribution < 1.29 is 19.0 Å². The van der Waals surface area contributed by atoms with Crippen molar-refractivity contribution in [1.29, 1.82) is 0 Å². The summed E-state index contributed by atoms with van der Waals surface area (Å²) in [7, 11) is 0. The fraction of sp³-hybridized carbons (Fsp3) is 0.316. The lowest BCUT2D eigenvalue weighted by atomic mass is 9.96. The Labute approximate surface area is 174 Å². The molecule has 1 aliphatic rings. The molecule has 1 unspecified atom stereocenters. The quantitative estimate of drug-likeness (QED) is 0.350. The van der Waals surface area contributed by atoms with Crippen LogP contribution in [0, 0.1) is 5.82 Å². The molecule has 0 saturated carbocycles. The molecule has 8 heteroatoms. The van der Waals surface area contributed by atoms with Crippen LogP contribution in [0.5, 0.6) is 11.5 Å². The second-order valence-corrected chi connectivity index (χ2v) is 6.32. The summed E-state index contributed by atoms with van der Waals surface area (Å²) in [4.78, 5) is 4.19. The summed E-state index contributed by atoms with van der Waals surface area (Å²) in [6.07, 6.45) is 0.833. The zero-order chi connectivity index (χ0) is 18.6. The van der Waals surface area contributed by atoms with Gasteiger partial charge in [0.05, 0.1) is 19.8 Å². The van der Waals surface area contributed by atoms with Crippen LogP contribution in [0.1, 0.15) is 18.9 Å². The van der Waals surface area contributed by atoms with E-state index < -0.39 is 5.60 Å². The highest BCUT2D eigenvalue weighted by molar-refractivity contribution is 14.0. The molecule has 4 N–H and O–H groups in total. The van der Waals surface area contributed by atoms with Crippen LogP contribution in [0.25, 0.3) is 0 Å². The van der Waals surface area contributed by atoms with Gasteiger partial charge < -0.3 is 25.6 Å². The second kappa shape index (κ2) is 9.23. The van der Waals surface area contributed by atoms with Crippen LogP contribution >= 0.6 is 24.0 Å². The Morgan fingerprint density at radius 2 is 1.85 bits per heavy atom. The third-order valence-electron chi connectivity index (χ3n) is 4.04. The summed E-state index contributed by atoms with van der Waals surface area (Å²) < 4.78 is 24.2. The van der Waals surface area contributed by atoms with Crippen molar-refractivity contribution in [3.63, 3.8) is 0 Å². The van der Waals surface area contributed by atoms with E-state index in [0.717, 1.165) is 6.42 Å². The third kappa shape index (κ3) is 5.70. The van der Waals surface area contributed by atoms with Crippen molar-refractivity contribution in [3.05, 3.63) is 53.8 Å². The Hall–Kier alpha value is -2.07. The molecule has 3 rings (SSSR count). The van der Waals surface area contributed by atoms with Crippen molar-refractivity contribution in [2.45, 2.75) is 18.9 Å². The van der Waals surface area contributed by atoms with E-state index in [1.54, 1.807) is 13.0 Å². The number of anilines is 1. The smallest absolute Gasteiger partial charge is 0.193 e. The maximum atomic E-state index is 13.0. The number of aliphatic imine (C=N–C) groups is 1. The van der Waals surface area contributed by atoms with Crippen molar-refractivity contribution >= 4 is 35.6 Å². The van der Waals surface area contributed by atoms with Crippen LogP contribution in [0.15, 0.2) is 47.5 Å². The fourth-order valence-corrected chi connectivity index (χ4v) is 2.57. The summed E-state index contributed by atoms with van der Waals surface area (Å²) in [5.41, 5.74) is 5.93. The first kappa shape index (κ1) is 21.2. The Morgan fingerprint density at radius 1 is 1.19 bits per heavy atom. The van der Waals surface area contributed by atoms with E-state index in [0.29, 0.717) is 36.0 Å². The molecule has 0 amide bonds. The third-order valence-corrected chi connectivity index (χ3v) is 4.04. The van der Waals surface area contributed by atoms with Gasteiger partial charge in [0.25, 0.3) is 0 Å². The zero-order valence-corrected chi connectivity index (χ0v) is 17.3. The lowest BCUT2D eigenvalue weighted by Gasteiger charge is -2.22. The molecule has 0 spiro atoms. The molecule has 0 aromatic heterocycles. The average molecular weight is 487 g/mol. The van der Waals surface area contributed by atoms with Gasteiger partial charge in [0.2, 0.25) is 0 Å². The molecule has 0 saturated heterocycles. The van der Waals surface area contributed by atoms with E-state index in [9.17, 15) is 9.50 Å². The summed E-state index contributed by atoms with van der Waals surface area (Å²) >= 11 is 0. The maximum Gasteiger partial charge on any atom is 0.193 e. The Bertz CT molecular complexity index is 797. The lowest BCUT2D eigenvalue weighted by molar-refractivity contribution is 0.0673. The van der Waals surface area contributed by atoms with Gasteiger partial charge in [-0.2, -0.15) is 0 Å². The molecule has 0 radical (unpaired) electrons. The van der Waals surface area contributed by atoms with E-state index >= 15 is 0 Å². The molecular formula is C19H23FIN3O3. The topological polar surface area (TPSA) is 89.1 Å². The highest BCUT2D eigenvalue weighted by Crippen LogP contribution is 2.32. The number of ether oxygens (including phenoxy) is 2. The van der Waals surface area contributed by atoms with Crippen molar-refractivity contribution in [2.75, 3.05) is 25.1 Å². The van der Waals surface area contributed by atoms with Gasteiger partial charge in [-0.15, -0.1) is 24.0 Å². The van der Waals surface area contributed by atoms with Gasteiger partial charge in [0.15, 0.2) is 17.5 Å². The first-order chi connectivity index (χ1) is 12.4. The highest BCUT2D eigenvalue weighted by Gasteiger charge is 2.22. The fourth-order valence-electron chi connectivity index (χ4n) is 2.57. The van der Waals surface area contributed by atoms with Crippen LogP contribution in [-0.2, 0) is 5.60 Å². The SMILES string of the molecule is CC(O)(CN=C(N)Nc1ccc2c(c1)OCCCO2)c1ccc(F)cc1.I. The molecule has 146 valence electrons. The van der Waals surface area contributed by atoms with Crippen LogP contribution in [0.4, 0.5) is 10.1 Å². The van der Waals surface area contributed by atoms with Gasteiger partial charge in [0.1, 0.15) is 11.4 Å². The summed E-state index contributed by atoms with van der Waals surface area (Å²) in [5, 5.41) is 13.5. The lowest BCUT2D eigenvalue weighted by Crippen LogP contribution is -2.29. The normalized spacial score (nSPS) is 15.9. The molecule has 6 nitrogen and oxygen atoms in total. The van der Waals surface area contributed by atoms with Crippen molar-refractivity contribution in [3.8, 4) is 11.5 Å². The summed E-state index contributed by atoms with van der Waals surface area (Å²) in [6, 6.07) is 11.1. The van der Waals surface area contributed by atoms with Crippen LogP contribution in [-0.4, -0.2) is 30.8 Å². The molecule has 0 fully saturated rings. The monoisotopic (exact) mass is 487 g/mol. The first-order valence-corrected chi connectivity index (χ1v) is 8.39. The number of rotatable bonds is 4. The second-order valence-electron chi connectivity index (χ2n) is 6.32. The van der Waals surface area contributed by atoms with Gasteiger partial charge in [-0.05, 0) is 36.8 Å².